The van der Waals surface area contributed by atoms with Crippen LogP contribution in [0.2, 0.25) is 5.02 Å². The van der Waals surface area contributed by atoms with Gasteiger partial charge in [0.15, 0.2) is 0 Å². The van der Waals surface area contributed by atoms with Crippen LogP contribution in [0.1, 0.15) is 30.9 Å². The monoisotopic (exact) mass is 470 g/mol. The normalized spacial score (nSPS) is 20.3. The molecule has 2 aromatic carbocycles. The minimum Gasteiger partial charge on any atom is -0.338 e. The van der Waals surface area contributed by atoms with Crippen molar-refractivity contribution in [2.24, 2.45) is 0 Å². The summed E-state index contributed by atoms with van der Waals surface area (Å²) in [6.45, 7) is 4.46. The highest BCUT2D eigenvalue weighted by Gasteiger charge is 2.40. The summed E-state index contributed by atoms with van der Waals surface area (Å²) in [7, 11) is 0. The van der Waals surface area contributed by atoms with Gasteiger partial charge in [-0.15, -0.1) is 0 Å². The van der Waals surface area contributed by atoms with E-state index in [0.29, 0.717) is 48.0 Å². The summed E-state index contributed by atoms with van der Waals surface area (Å²) >= 11 is 6.09. The van der Waals surface area contributed by atoms with Crippen molar-refractivity contribution in [2.45, 2.75) is 38.4 Å². The van der Waals surface area contributed by atoms with Crippen LogP contribution in [0.25, 0.3) is 6.08 Å². The molecule has 2 aliphatic heterocycles. The van der Waals surface area contributed by atoms with Gasteiger partial charge in [0, 0.05) is 49.4 Å². The number of benzene rings is 2. The molecule has 0 aromatic heterocycles. The number of amides is 3. The molecule has 2 atom stereocenters. The second-order valence-electron chi connectivity index (χ2n) is 8.48. The van der Waals surface area contributed by atoms with Gasteiger partial charge in [0.25, 0.3) is 0 Å². The maximum atomic E-state index is 13.2. The topological polar surface area (TPSA) is 64.7 Å². The van der Waals surface area contributed by atoms with Crippen LogP contribution in [-0.4, -0.2) is 53.5 Å². The van der Waals surface area contributed by atoms with E-state index < -0.39 is 0 Å². The van der Waals surface area contributed by atoms with Gasteiger partial charge in [0.1, 0.15) is 5.82 Å². The maximum absolute atomic E-state index is 13.2. The number of fused-ring (bicyclic) bond motifs is 2. The predicted octanol–water partition coefficient (Wildman–Crippen LogP) is 4.51. The molecule has 2 bridgehead atoms. The highest BCUT2D eigenvalue weighted by Crippen LogP contribution is 2.32. The van der Waals surface area contributed by atoms with Crippen LogP contribution < -0.4 is 10.6 Å². The fourth-order valence-corrected chi connectivity index (χ4v) is 4.78. The summed E-state index contributed by atoms with van der Waals surface area (Å²) in [5.74, 6) is -0.277. The zero-order valence-electron chi connectivity index (χ0n) is 18.6. The van der Waals surface area contributed by atoms with Crippen LogP contribution in [0.3, 0.4) is 0 Å². The molecule has 0 saturated carbocycles. The average Bonchev–Trinajstić information content (AvgIpc) is 3.01. The Morgan fingerprint density at radius 2 is 1.82 bits per heavy atom. The minimum absolute atomic E-state index is 0.0489. The first-order valence-electron chi connectivity index (χ1n) is 11.2. The molecule has 2 unspecified atom stereocenters. The lowest BCUT2D eigenvalue weighted by Crippen LogP contribution is -2.54. The van der Waals surface area contributed by atoms with Crippen molar-refractivity contribution >= 4 is 35.3 Å². The molecule has 0 aliphatic carbocycles. The number of carbonyl (C=O) groups is 2. The number of anilines is 1. The van der Waals surface area contributed by atoms with Gasteiger partial charge in [0.05, 0.1) is 5.69 Å². The molecule has 3 amide bonds. The maximum Gasteiger partial charge on any atom is 0.319 e. The van der Waals surface area contributed by atoms with E-state index in [-0.39, 0.29) is 17.8 Å². The van der Waals surface area contributed by atoms with Crippen LogP contribution in [0.15, 0.2) is 48.5 Å². The Morgan fingerprint density at radius 1 is 1.12 bits per heavy atom. The molecule has 4 rings (SSSR count). The second-order valence-corrected chi connectivity index (χ2v) is 8.91. The molecule has 6 nitrogen and oxygen atoms in total. The van der Waals surface area contributed by atoms with Gasteiger partial charge < -0.3 is 15.5 Å². The fourth-order valence-electron chi connectivity index (χ4n) is 4.60. The second kappa shape index (κ2) is 10.4. The lowest BCUT2D eigenvalue weighted by atomic mass is 10.1. The van der Waals surface area contributed by atoms with Gasteiger partial charge in [-0.05, 0) is 61.2 Å². The summed E-state index contributed by atoms with van der Waals surface area (Å²) in [4.78, 5) is 29.2. The molecule has 2 saturated heterocycles. The number of hydrogen-bond acceptors (Lipinski definition) is 3. The molecule has 0 spiro atoms. The van der Waals surface area contributed by atoms with Crippen molar-refractivity contribution in [3.05, 3.63) is 70.5 Å². The summed E-state index contributed by atoms with van der Waals surface area (Å²) in [6, 6.07) is 12.1. The van der Waals surface area contributed by atoms with E-state index in [1.54, 1.807) is 30.4 Å². The lowest BCUT2D eigenvalue weighted by molar-refractivity contribution is -0.129. The highest BCUT2D eigenvalue weighted by molar-refractivity contribution is 6.31. The molecular formula is C25H28ClFN4O2. The van der Waals surface area contributed by atoms with E-state index in [0.717, 1.165) is 24.9 Å². The van der Waals surface area contributed by atoms with Gasteiger partial charge in [-0.1, -0.05) is 29.8 Å². The largest absolute Gasteiger partial charge is 0.338 e. The minimum atomic E-state index is -0.324. The van der Waals surface area contributed by atoms with Crippen molar-refractivity contribution in [3.8, 4) is 0 Å². The smallest absolute Gasteiger partial charge is 0.319 e. The number of hydrogen-bond donors (Lipinski definition) is 2. The van der Waals surface area contributed by atoms with Gasteiger partial charge in [-0.3, -0.25) is 9.69 Å². The van der Waals surface area contributed by atoms with Crippen molar-refractivity contribution in [2.75, 3.05) is 25.0 Å². The fraction of sp³-hybridized carbons (Fsp3) is 0.360. The van der Waals surface area contributed by atoms with Crippen LogP contribution in [0, 0.1) is 5.82 Å². The van der Waals surface area contributed by atoms with Crippen LogP contribution in [0.5, 0.6) is 0 Å². The molecule has 33 heavy (non-hydrogen) atoms. The van der Waals surface area contributed by atoms with Gasteiger partial charge in [-0.2, -0.15) is 0 Å². The zero-order chi connectivity index (χ0) is 23.4. The van der Waals surface area contributed by atoms with E-state index in [1.165, 1.54) is 12.1 Å². The van der Waals surface area contributed by atoms with E-state index in [2.05, 4.69) is 15.5 Å². The molecule has 2 N–H and O–H groups in total. The molecule has 2 aliphatic rings. The first kappa shape index (κ1) is 23.3. The number of nitrogens with one attached hydrogen (secondary N) is 2. The molecule has 174 valence electrons. The third-order valence-electron chi connectivity index (χ3n) is 6.23. The first-order chi connectivity index (χ1) is 15.9. The molecule has 2 heterocycles. The Hall–Kier alpha value is -2.90. The molecule has 8 heteroatoms. The number of piperazine rings is 1. The number of rotatable bonds is 6. The summed E-state index contributed by atoms with van der Waals surface area (Å²) in [5, 5.41) is 5.95. The van der Waals surface area contributed by atoms with Crippen molar-refractivity contribution in [3.63, 3.8) is 0 Å². The Labute approximate surface area is 198 Å². The van der Waals surface area contributed by atoms with Crippen molar-refractivity contribution in [1.82, 2.24) is 15.1 Å². The van der Waals surface area contributed by atoms with Crippen LogP contribution >= 0.6 is 11.6 Å². The van der Waals surface area contributed by atoms with Gasteiger partial charge in [0.2, 0.25) is 5.91 Å². The summed E-state index contributed by atoms with van der Waals surface area (Å²) in [5.41, 5.74) is 2.33. The third kappa shape index (κ3) is 5.72. The third-order valence-corrected chi connectivity index (χ3v) is 6.46. The number of carbonyl (C=O) groups excluding carboxylic acids is 2. The Kier molecular flexibility index (Phi) is 7.30. The Bertz CT molecular complexity index is 1030. The Balaban J connectivity index is 1.40. The highest BCUT2D eigenvalue weighted by atomic mass is 35.5. The quantitative estimate of drug-likeness (QED) is 0.610. The van der Waals surface area contributed by atoms with Crippen molar-refractivity contribution < 1.29 is 14.0 Å². The predicted molar refractivity (Wildman–Crippen MR) is 129 cm³/mol. The van der Waals surface area contributed by atoms with Crippen LogP contribution in [-0.2, 0) is 11.3 Å². The van der Waals surface area contributed by atoms with Crippen molar-refractivity contribution in [1.29, 1.82) is 0 Å². The zero-order valence-corrected chi connectivity index (χ0v) is 19.3. The number of likely N-dealkylation sites (tertiary alicyclic amines) is 1. The lowest BCUT2D eigenvalue weighted by Gasteiger charge is -2.40. The van der Waals surface area contributed by atoms with E-state index >= 15 is 0 Å². The molecular weight excluding hydrogens is 443 g/mol. The van der Waals surface area contributed by atoms with Crippen LogP contribution in [0.4, 0.5) is 14.9 Å². The first-order valence-corrected chi connectivity index (χ1v) is 11.6. The average molecular weight is 471 g/mol. The van der Waals surface area contributed by atoms with E-state index in [1.807, 2.05) is 24.0 Å². The molecule has 2 aromatic rings. The SMILES string of the molecule is CCNC(=O)Nc1cc(Cl)ccc1C=CC(=O)N1CC2CCC(C1)N2Cc1ccc(F)cc1. The standard InChI is InChI=1S/C25H28ClFN4O2/c1-2-28-25(33)29-23-13-19(26)7-5-18(23)6-12-24(32)30-15-21-10-11-22(16-30)31(21)14-17-3-8-20(27)9-4-17/h3-9,12-13,21-22H,2,10-11,14-16H2,1H3,(H2,28,29,33). The molecule has 0 radical (unpaired) electrons. The summed E-state index contributed by atoms with van der Waals surface area (Å²) in [6.07, 6.45) is 5.38. The van der Waals surface area contributed by atoms with Gasteiger partial charge >= 0.3 is 6.03 Å². The van der Waals surface area contributed by atoms with E-state index in [9.17, 15) is 14.0 Å². The van der Waals surface area contributed by atoms with Gasteiger partial charge in [-0.25, -0.2) is 9.18 Å². The number of halogens is 2. The molecule has 2 fully saturated rings. The van der Waals surface area contributed by atoms with E-state index in [4.69, 9.17) is 11.6 Å². The number of urea groups is 1. The summed E-state index contributed by atoms with van der Waals surface area (Å²) < 4.78 is 13.2. The number of nitrogens with zero attached hydrogens (tertiary/aromatic N) is 2. The Morgan fingerprint density at radius 3 is 2.48 bits per heavy atom.